The van der Waals surface area contributed by atoms with Crippen molar-refractivity contribution < 1.29 is 8.42 Å². The Kier molecular flexibility index (Phi) is 3.90. The van der Waals surface area contributed by atoms with Gasteiger partial charge >= 0.3 is 10.2 Å². The van der Waals surface area contributed by atoms with E-state index in [2.05, 4.69) is 20.7 Å². The van der Waals surface area contributed by atoms with Crippen LogP contribution in [0, 0.1) is 11.3 Å². The summed E-state index contributed by atoms with van der Waals surface area (Å²) in [6, 6.07) is 6.75. The standard InChI is InChI=1S/C11H12BrN3O2S/c12-11-7-10(4-3-9(11)8-13)14-18(16,17)15-5-1-2-6-15/h3-4,7,14H,1-2,5-6H2. The Balaban J connectivity index is 2.19. The van der Waals surface area contributed by atoms with Gasteiger partial charge in [-0.15, -0.1) is 0 Å². The average Bonchev–Trinajstić information content (AvgIpc) is 2.82. The smallest absolute Gasteiger partial charge is 0.271 e. The Morgan fingerprint density at radius 1 is 1.33 bits per heavy atom. The van der Waals surface area contributed by atoms with Crippen LogP contribution in [-0.2, 0) is 10.2 Å². The summed E-state index contributed by atoms with van der Waals surface area (Å²) in [6.45, 7) is 1.12. The number of benzene rings is 1. The van der Waals surface area contributed by atoms with Crippen LogP contribution in [0.4, 0.5) is 5.69 Å². The van der Waals surface area contributed by atoms with Gasteiger partial charge in [0.1, 0.15) is 6.07 Å². The fraction of sp³-hybridized carbons (Fsp3) is 0.364. The van der Waals surface area contributed by atoms with Gasteiger partial charge in [0, 0.05) is 17.6 Å². The lowest BCUT2D eigenvalue weighted by Gasteiger charge is -2.17. The minimum atomic E-state index is -3.47. The summed E-state index contributed by atoms with van der Waals surface area (Å²) in [4.78, 5) is 0. The zero-order valence-corrected chi connectivity index (χ0v) is 12.0. The average molecular weight is 330 g/mol. The maximum Gasteiger partial charge on any atom is 0.301 e. The van der Waals surface area contributed by atoms with E-state index in [0.29, 0.717) is 28.8 Å². The van der Waals surface area contributed by atoms with Crippen LogP contribution in [0.5, 0.6) is 0 Å². The first-order valence-corrected chi connectivity index (χ1v) is 7.74. The van der Waals surface area contributed by atoms with Crippen molar-refractivity contribution in [3.8, 4) is 6.07 Å². The summed E-state index contributed by atoms with van der Waals surface area (Å²) in [7, 11) is -3.47. The molecule has 0 spiro atoms. The minimum Gasteiger partial charge on any atom is -0.271 e. The highest BCUT2D eigenvalue weighted by Gasteiger charge is 2.25. The third-order valence-corrected chi connectivity index (χ3v) is 4.94. The van der Waals surface area contributed by atoms with Crippen LogP contribution in [0.1, 0.15) is 18.4 Å². The number of nitriles is 1. The van der Waals surface area contributed by atoms with Gasteiger partial charge in [-0.05, 0) is 47.0 Å². The zero-order chi connectivity index (χ0) is 13.2. The molecule has 0 saturated carbocycles. The van der Waals surface area contributed by atoms with Crippen molar-refractivity contribution in [1.29, 1.82) is 5.26 Å². The Morgan fingerprint density at radius 2 is 2.00 bits per heavy atom. The summed E-state index contributed by atoms with van der Waals surface area (Å²) in [5.74, 6) is 0. The maximum atomic E-state index is 12.0. The van der Waals surface area contributed by atoms with Gasteiger partial charge in [0.25, 0.3) is 0 Å². The van der Waals surface area contributed by atoms with Gasteiger partial charge in [0.2, 0.25) is 0 Å². The predicted octanol–water partition coefficient (Wildman–Crippen LogP) is 2.07. The first-order chi connectivity index (χ1) is 8.53. The number of anilines is 1. The van der Waals surface area contributed by atoms with Gasteiger partial charge in [-0.3, -0.25) is 4.72 Å². The lowest BCUT2D eigenvalue weighted by atomic mass is 10.2. The molecule has 96 valence electrons. The molecule has 0 unspecified atom stereocenters. The van der Waals surface area contributed by atoms with Crippen LogP contribution >= 0.6 is 15.9 Å². The molecule has 1 saturated heterocycles. The van der Waals surface area contributed by atoms with E-state index in [9.17, 15) is 8.42 Å². The van der Waals surface area contributed by atoms with Crippen LogP contribution in [0.2, 0.25) is 0 Å². The van der Waals surface area contributed by atoms with Crippen LogP contribution in [0.25, 0.3) is 0 Å². The monoisotopic (exact) mass is 329 g/mol. The summed E-state index contributed by atoms with van der Waals surface area (Å²) in [6.07, 6.45) is 1.80. The molecule has 0 aliphatic carbocycles. The third-order valence-electron chi connectivity index (χ3n) is 2.74. The largest absolute Gasteiger partial charge is 0.301 e. The predicted molar refractivity (Wildman–Crippen MR) is 72.2 cm³/mol. The van der Waals surface area contributed by atoms with Crippen molar-refractivity contribution in [3.63, 3.8) is 0 Å². The molecular formula is C11H12BrN3O2S. The van der Waals surface area contributed by atoms with E-state index < -0.39 is 10.2 Å². The van der Waals surface area contributed by atoms with Gasteiger partial charge in [0.15, 0.2) is 0 Å². The van der Waals surface area contributed by atoms with Gasteiger partial charge in [0.05, 0.1) is 11.3 Å². The molecule has 1 heterocycles. The highest BCUT2D eigenvalue weighted by atomic mass is 79.9. The molecular weight excluding hydrogens is 318 g/mol. The first-order valence-electron chi connectivity index (χ1n) is 5.50. The quantitative estimate of drug-likeness (QED) is 0.922. The topological polar surface area (TPSA) is 73.2 Å². The fourth-order valence-electron chi connectivity index (χ4n) is 1.81. The summed E-state index contributed by atoms with van der Waals surface area (Å²) in [5.41, 5.74) is 0.923. The van der Waals surface area contributed by atoms with Gasteiger partial charge < -0.3 is 0 Å². The van der Waals surface area contributed by atoms with Crippen LogP contribution < -0.4 is 4.72 Å². The van der Waals surface area contributed by atoms with E-state index in [1.165, 1.54) is 4.31 Å². The van der Waals surface area contributed by atoms with Crippen molar-refractivity contribution in [2.75, 3.05) is 17.8 Å². The number of hydrogen-bond acceptors (Lipinski definition) is 3. The molecule has 0 amide bonds. The second-order valence-electron chi connectivity index (χ2n) is 4.02. The van der Waals surface area contributed by atoms with E-state index in [1.807, 2.05) is 6.07 Å². The van der Waals surface area contributed by atoms with Crippen molar-refractivity contribution in [3.05, 3.63) is 28.2 Å². The molecule has 0 atom stereocenters. The highest BCUT2D eigenvalue weighted by molar-refractivity contribution is 9.10. The van der Waals surface area contributed by atoms with Crippen molar-refractivity contribution >= 4 is 31.8 Å². The fourth-order valence-corrected chi connectivity index (χ4v) is 3.57. The second-order valence-corrected chi connectivity index (χ2v) is 6.54. The normalized spacial score (nSPS) is 16.4. The van der Waals surface area contributed by atoms with Gasteiger partial charge in [-0.25, -0.2) is 0 Å². The van der Waals surface area contributed by atoms with Crippen molar-refractivity contribution in [1.82, 2.24) is 4.31 Å². The molecule has 1 N–H and O–H groups in total. The number of rotatable bonds is 3. The SMILES string of the molecule is N#Cc1ccc(NS(=O)(=O)N2CCCC2)cc1Br. The van der Waals surface area contributed by atoms with Crippen LogP contribution in [-0.4, -0.2) is 25.8 Å². The maximum absolute atomic E-state index is 12.0. The van der Waals surface area contributed by atoms with Crippen molar-refractivity contribution in [2.45, 2.75) is 12.8 Å². The lowest BCUT2D eigenvalue weighted by molar-refractivity contribution is 0.482. The molecule has 1 aromatic rings. The Hall–Kier alpha value is -1.10. The zero-order valence-electron chi connectivity index (χ0n) is 9.56. The van der Waals surface area contributed by atoms with E-state index in [0.717, 1.165) is 12.8 Å². The highest BCUT2D eigenvalue weighted by Crippen LogP contribution is 2.23. The van der Waals surface area contributed by atoms with Gasteiger partial charge in [-0.2, -0.15) is 18.0 Å². The van der Waals surface area contributed by atoms with E-state index in [4.69, 9.17) is 5.26 Å². The molecule has 0 aromatic heterocycles. The van der Waals surface area contributed by atoms with Crippen LogP contribution in [0.15, 0.2) is 22.7 Å². The Morgan fingerprint density at radius 3 is 2.56 bits per heavy atom. The van der Waals surface area contributed by atoms with E-state index >= 15 is 0 Å². The molecule has 2 rings (SSSR count). The number of nitrogens with zero attached hydrogens (tertiary/aromatic N) is 2. The summed E-state index contributed by atoms with van der Waals surface area (Å²) >= 11 is 3.23. The van der Waals surface area contributed by atoms with Gasteiger partial charge in [-0.1, -0.05) is 0 Å². The second kappa shape index (κ2) is 5.26. The molecule has 1 aliphatic heterocycles. The minimum absolute atomic E-state index is 0.452. The summed E-state index contributed by atoms with van der Waals surface area (Å²) in [5, 5.41) is 8.79. The van der Waals surface area contributed by atoms with E-state index in [-0.39, 0.29) is 0 Å². The number of halogens is 1. The number of hydrogen-bond donors (Lipinski definition) is 1. The molecule has 7 heteroatoms. The number of nitrogens with one attached hydrogen (secondary N) is 1. The molecule has 18 heavy (non-hydrogen) atoms. The third kappa shape index (κ3) is 2.83. The molecule has 5 nitrogen and oxygen atoms in total. The van der Waals surface area contributed by atoms with Crippen LogP contribution in [0.3, 0.4) is 0 Å². The Bertz CT molecular complexity index is 589. The molecule has 1 fully saturated rings. The molecule has 0 radical (unpaired) electrons. The van der Waals surface area contributed by atoms with Crippen molar-refractivity contribution in [2.24, 2.45) is 0 Å². The molecule has 1 aromatic carbocycles. The molecule has 1 aliphatic rings. The lowest BCUT2D eigenvalue weighted by Crippen LogP contribution is -2.33. The summed E-state index contributed by atoms with van der Waals surface area (Å²) < 4.78 is 28.5. The van der Waals surface area contributed by atoms with E-state index in [1.54, 1.807) is 18.2 Å². The first kappa shape index (κ1) is 13.3. The Labute approximate surface area is 115 Å². The molecule has 0 bridgehead atoms.